The number of amides is 1. The lowest BCUT2D eigenvalue weighted by Crippen LogP contribution is -2.59. The Kier molecular flexibility index (Phi) is 9.89. The normalized spacial score (nSPS) is 19.1. The molecule has 47 heavy (non-hydrogen) atoms. The Morgan fingerprint density at radius 3 is 2.34 bits per heavy atom. The highest BCUT2D eigenvalue weighted by molar-refractivity contribution is 5.89. The SMILES string of the molecule is COC(=O)[C@H](Cc1cccc2c1CC[C@H]2c1nccc2c(CN(C)C)cccc12)NC(=O)C1(C(F)(F)F)CCN(CC(F)(F)F)CC1. The van der Waals surface area contributed by atoms with Crippen molar-refractivity contribution in [2.24, 2.45) is 5.41 Å². The minimum atomic E-state index is -5.04. The van der Waals surface area contributed by atoms with Crippen LogP contribution in [-0.2, 0) is 33.7 Å². The van der Waals surface area contributed by atoms with Crippen molar-refractivity contribution in [1.29, 1.82) is 0 Å². The van der Waals surface area contributed by atoms with Gasteiger partial charge in [-0.2, -0.15) is 26.3 Å². The van der Waals surface area contributed by atoms with E-state index in [1.807, 2.05) is 44.4 Å². The number of esters is 1. The molecule has 2 aromatic carbocycles. The zero-order chi connectivity index (χ0) is 34.1. The van der Waals surface area contributed by atoms with Gasteiger partial charge in [0.05, 0.1) is 19.3 Å². The molecule has 1 aliphatic heterocycles. The molecule has 1 amide bonds. The number of likely N-dealkylation sites (tertiary alicyclic amines) is 1. The number of fused-ring (bicyclic) bond motifs is 2. The predicted octanol–water partition coefficient (Wildman–Crippen LogP) is 5.78. The van der Waals surface area contributed by atoms with Crippen molar-refractivity contribution in [3.63, 3.8) is 0 Å². The first-order valence-corrected chi connectivity index (χ1v) is 15.5. The van der Waals surface area contributed by atoms with Crippen LogP contribution < -0.4 is 5.32 Å². The van der Waals surface area contributed by atoms with E-state index in [0.29, 0.717) is 12.0 Å². The maximum absolute atomic E-state index is 14.4. The Balaban J connectivity index is 1.40. The molecule has 0 bridgehead atoms. The maximum atomic E-state index is 14.4. The van der Waals surface area contributed by atoms with Crippen LogP contribution in [-0.4, -0.2) is 85.9 Å². The summed E-state index contributed by atoms with van der Waals surface area (Å²) in [5, 5.41) is 4.43. The Morgan fingerprint density at radius 2 is 1.70 bits per heavy atom. The van der Waals surface area contributed by atoms with Gasteiger partial charge in [-0.15, -0.1) is 0 Å². The molecule has 1 N–H and O–H groups in total. The number of nitrogens with zero attached hydrogens (tertiary/aromatic N) is 3. The summed E-state index contributed by atoms with van der Waals surface area (Å²) in [6, 6.07) is 12.3. The van der Waals surface area contributed by atoms with E-state index in [9.17, 15) is 35.9 Å². The summed E-state index contributed by atoms with van der Waals surface area (Å²) < 4.78 is 86.8. The molecule has 3 aromatic rings. The maximum Gasteiger partial charge on any atom is 0.403 e. The van der Waals surface area contributed by atoms with Crippen LogP contribution in [0.1, 0.15) is 53.1 Å². The van der Waals surface area contributed by atoms with E-state index in [0.717, 1.165) is 52.6 Å². The molecule has 2 atom stereocenters. The van der Waals surface area contributed by atoms with Gasteiger partial charge in [0.1, 0.15) is 11.5 Å². The van der Waals surface area contributed by atoms with Gasteiger partial charge in [-0.1, -0.05) is 36.4 Å². The number of nitrogens with one attached hydrogen (secondary N) is 1. The molecule has 1 saturated heterocycles. The highest BCUT2D eigenvalue weighted by atomic mass is 19.4. The van der Waals surface area contributed by atoms with Gasteiger partial charge in [0.25, 0.3) is 0 Å². The van der Waals surface area contributed by atoms with Crippen molar-refractivity contribution in [3.05, 3.63) is 76.6 Å². The fraction of sp³-hybridized carbons (Fsp3) is 0.500. The van der Waals surface area contributed by atoms with Crippen molar-refractivity contribution in [3.8, 4) is 0 Å². The molecule has 13 heteroatoms. The third-order valence-electron chi connectivity index (χ3n) is 9.42. The molecule has 1 fully saturated rings. The largest absolute Gasteiger partial charge is 0.467 e. The third-order valence-corrected chi connectivity index (χ3v) is 9.42. The fourth-order valence-electron chi connectivity index (χ4n) is 7.09. The summed E-state index contributed by atoms with van der Waals surface area (Å²) in [5.41, 5.74) is 1.78. The zero-order valence-corrected chi connectivity index (χ0v) is 26.5. The lowest BCUT2D eigenvalue weighted by atomic mass is 9.76. The van der Waals surface area contributed by atoms with Crippen LogP contribution in [0, 0.1) is 5.41 Å². The molecule has 0 spiro atoms. The number of piperidine rings is 1. The van der Waals surface area contributed by atoms with Crippen LogP contribution in [0.15, 0.2) is 48.7 Å². The molecule has 1 aromatic heterocycles. The number of aromatic nitrogens is 1. The highest BCUT2D eigenvalue weighted by Gasteiger charge is 2.61. The topological polar surface area (TPSA) is 74.8 Å². The summed E-state index contributed by atoms with van der Waals surface area (Å²) in [7, 11) is 5.09. The fourth-order valence-corrected chi connectivity index (χ4v) is 7.09. The summed E-state index contributed by atoms with van der Waals surface area (Å²) in [6.45, 7) is -1.74. The quantitative estimate of drug-likeness (QED) is 0.231. The van der Waals surface area contributed by atoms with Crippen molar-refractivity contribution in [2.45, 2.75) is 63.0 Å². The van der Waals surface area contributed by atoms with E-state index in [1.165, 1.54) is 5.56 Å². The van der Waals surface area contributed by atoms with Crippen molar-refractivity contribution < 1.29 is 40.7 Å². The second-order valence-corrected chi connectivity index (χ2v) is 12.7. The van der Waals surface area contributed by atoms with E-state index in [4.69, 9.17) is 9.72 Å². The number of rotatable bonds is 9. The van der Waals surface area contributed by atoms with E-state index in [-0.39, 0.29) is 12.3 Å². The summed E-state index contributed by atoms with van der Waals surface area (Å²) in [6.07, 6.45) is -8.28. The molecule has 254 valence electrons. The summed E-state index contributed by atoms with van der Waals surface area (Å²) in [4.78, 5) is 34.0. The van der Waals surface area contributed by atoms with E-state index in [1.54, 1.807) is 12.3 Å². The number of carbonyl (C=O) groups excluding carboxylic acids is 2. The van der Waals surface area contributed by atoms with E-state index < -0.39 is 68.2 Å². The number of benzene rings is 2. The minimum Gasteiger partial charge on any atom is -0.467 e. The molecule has 2 heterocycles. The second-order valence-electron chi connectivity index (χ2n) is 12.7. The molecule has 2 aliphatic rings. The Hall–Kier alpha value is -3.71. The molecule has 0 unspecified atom stereocenters. The molecule has 5 rings (SSSR count). The molecule has 0 radical (unpaired) electrons. The average molecular weight is 665 g/mol. The van der Waals surface area contributed by atoms with Gasteiger partial charge < -0.3 is 15.0 Å². The van der Waals surface area contributed by atoms with E-state index >= 15 is 0 Å². The molecule has 0 saturated carbocycles. The minimum absolute atomic E-state index is 0.0511. The van der Waals surface area contributed by atoms with Crippen molar-refractivity contribution in [2.75, 3.05) is 40.8 Å². The summed E-state index contributed by atoms with van der Waals surface area (Å²) in [5.74, 6) is -2.41. The summed E-state index contributed by atoms with van der Waals surface area (Å²) >= 11 is 0. The molecule has 1 aliphatic carbocycles. The molecular formula is C34H38F6N4O3. The number of methoxy groups -OCH3 is 1. The van der Waals surface area contributed by atoms with Crippen LogP contribution in [0.3, 0.4) is 0 Å². The van der Waals surface area contributed by atoms with Gasteiger partial charge in [-0.3, -0.25) is 14.7 Å². The van der Waals surface area contributed by atoms with Crippen LogP contribution in [0.2, 0.25) is 0 Å². The first-order valence-electron chi connectivity index (χ1n) is 15.5. The first-order chi connectivity index (χ1) is 22.1. The zero-order valence-electron chi connectivity index (χ0n) is 26.5. The number of pyridine rings is 1. The van der Waals surface area contributed by atoms with Crippen molar-refractivity contribution >= 4 is 22.6 Å². The number of halogens is 6. The number of alkyl halides is 6. The smallest absolute Gasteiger partial charge is 0.403 e. The lowest BCUT2D eigenvalue weighted by molar-refractivity contribution is -0.236. The average Bonchev–Trinajstić information content (AvgIpc) is 3.44. The molecule has 7 nitrogen and oxygen atoms in total. The van der Waals surface area contributed by atoms with Gasteiger partial charge in [-0.05, 0) is 86.6 Å². The number of ether oxygens (including phenoxy) is 1. The Morgan fingerprint density at radius 1 is 1.02 bits per heavy atom. The van der Waals surface area contributed by atoms with E-state index in [2.05, 4.69) is 16.3 Å². The predicted molar refractivity (Wildman–Crippen MR) is 164 cm³/mol. The monoisotopic (exact) mass is 664 g/mol. The lowest BCUT2D eigenvalue weighted by Gasteiger charge is -2.42. The molecular weight excluding hydrogens is 626 g/mol. The first kappa shape index (κ1) is 34.6. The Bertz CT molecular complexity index is 1620. The Labute approximate surface area is 269 Å². The number of hydrogen-bond donors (Lipinski definition) is 1. The van der Waals surface area contributed by atoms with Gasteiger partial charge in [-0.25, -0.2) is 4.79 Å². The van der Waals surface area contributed by atoms with Gasteiger partial charge in [0.2, 0.25) is 5.91 Å². The van der Waals surface area contributed by atoms with Crippen molar-refractivity contribution in [1.82, 2.24) is 20.1 Å². The van der Waals surface area contributed by atoms with Gasteiger partial charge in [0, 0.05) is 30.5 Å². The van der Waals surface area contributed by atoms with Crippen LogP contribution >= 0.6 is 0 Å². The third kappa shape index (κ3) is 7.25. The van der Waals surface area contributed by atoms with Crippen LogP contribution in [0.4, 0.5) is 26.3 Å². The highest BCUT2D eigenvalue weighted by Crippen LogP contribution is 2.47. The number of carbonyl (C=O) groups is 2. The van der Waals surface area contributed by atoms with Crippen LogP contribution in [0.25, 0.3) is 10.8 Å². The standard InChI is InChI=1S/C34H38F6N4O3/c1-43(2)19-22-7-5-9-26-24(22)12-15-41-29(26)27-11-10-23-21(6-4-8-25(23)27)18-28(30(45)47-3)42-31(46)32(34(38,39)40)13-16-44(17-14-32)20-33(35,36)37/h4-9,12,15,27-28H,10-11,13-14,16-20H2,1-3H3,(H,42,46)/t27-,28+/m1/s1. The number of hydrogen-bond acceptors (Lipinski definition) is 6. The van der Waals surface area contributed by atoms with Crippen LogP contribution in [0.5, 0.6) is 0 Å². The van der Waals surface area contributed by atoms with Gasteiger partial charge >= 0.3 is 18.3 Å². The second kappa shape index (κ2) is 13.4. The van der Waals surface area contributed by atoms with Gasteiger partial charge in [0.15, 0.2) is 0 Å².